The fourth-order valence-electron chi connectivity index (χ4n) is 4.90. The van der Waals surface area contributed by atoms with Gasteiger partial charge in [0.05, 0.1) is 10.1 Å². The molecule has 0 aromatic carbocycles. The number of amides is 5. The number of rotatable bonds is 6. The van der Waals surface area contributed by atoms with Gasteiger partial charge in [0.15, 0.2) is 0 Å². The van der Waals surface area contributed by atoms with Crippen LogP contribution in [0.15, 0.2) is 0 Å². The first kappa shape index (κ1) is 29.4. The van der Waals surface area contributed by atoms with E-state index in [9.17, 15) is 24.4 Å². The summed E-state index contributed by atoms with van der Waals surface area (Å²) in [5, 5.41) is 21.0. The molecular weight excluding hydrogens is 512 g/mol. The van der Waals surface area contributed by atoms with Gasteiger partial charge in [-0.3, -0.25) is 14.4 Å². The first-order chi connectivity index (χ1) is 17.1. The number of urea groups is 1. The molecular formula is C25H40N6O4S2. The lowest BCUT2D eigenvalue weighted by Gasteiger charge is -2.36. The zero-order valence-corrected chi connectivity index (χ0v) is 24.2. The van der Waals surface area contributed by atoms with Gasteiger partial charge in [-0.2, -0.15) is 5.26 Å². The van der Waals surface area contributed by atoms with E-state index in [0.717, 1.165) is 11.5 Å². The Morgan fingerprint density at radius 3 is 2.32 bits per heavy atom. The maximum Gasteiger partial charge on any atom is 0.315 e. The maximum atomic E-state index is 14.0. The molecule has 206 valence electrons. The van der Waals surface area contributed by atoms with Crippen LogP contribution in [0, 0.1) is 22.7 Å². The molecule has 3 fully saturated rings. The highest BCUT2D eigenvalue weighted by Crippen LogP contribution is 2.52. The minimum Gasteiger partial charge on any atom is -0.356 e. The Morgan fingerprint density at radius 1 is 1.16 bits per heavy atom. The van der Waals surface area contributed by atoms with Crippen molar-refractivity contribution in [2.24, 2.45) is 11.3 Å². The second-order valence-corrected chi connectivity index (χ2v) is 15.4. The van der Waals surface area contributed by atoms with E-state index >= 15 is 0 Å². The third kappa shape index (κ3) is 7.47. The lowest BCUT2D eigenvalue weighted by molar-refractivity contribution is -0.142. The van der Waals surface area contributed by atoms with Crippen LogP contribution >= 0.6 is 23.5 Å². The summed E-state index contributed by atoms with van der Waals surface area (Å²) in [5.41, 5.74) is -1.08. The second-order valence-electron chi connectivity index (χ2n) is 12.1. The molecule has 0 bridgehead atoms. The third-order valence-electron chi connectivity index (χ3n) is 6.72. The van der Waals surface area contributed by atoms with E-state index in [2.05, 4.69) is 27.3 Å². The van der Waals surface area contributed by atoms with E-state index in [1.54, 1.807) is 28.4 Å². The Labute approximate surface area is 228 Å². The van der Waals surface area contributed by atoms with Gasteiger partial charge in [0, 0.05) is 42.5 Å². The Bertz CT molecular complexity index is 948. The molecule has 4 atom stereocenters. The van der Waals surface area contributed by atoms with Gasteiger partial charge in [0.2, 0.25) is 17.7 Å². The Morgan fingerprint density at radius 2 is 1.81 bits per heavy atom. The number of nitrogens with one attached hydrogen (secondary N) is 4. The van der Waals surface area contributed by atoms with Crippen LogP contribution in [0.3, 0.4) is 0 Å². The summed E-state index contributed by atoms with van der Waals surface area (Å²) in [6.07, 6.45) is 1.34. The molecule has 0 radical (unpaired) electrons. The van der Waals surface area contributed by atoms with Crippen LogP contribution in [0.1, 0.15) is 60.8 Å². The zero-order chi connectivity index (χ0) is 27.6. The Kier molecular flexibility index (Phi) is 9.00. The summed E-state index contributed by atoms with van der Waals surface area (Å²) >= 11 is 3.52. The van der Waals surface area contributed by atoms with Crippen molar-refractivity contribution in [2.75, 3.05) is 24.6 Å². The molecule has 0 unspecified atom stereocenters. The highest BCUT2D eigenvalue weighted by molar-refractivity contribution is 8.21. The number of hydrogen-bond acceptors (Lipinski definition) is 7. The molecule has 37 heavy (non-hydrogen) atoms. The molecule has 3 heterocycles. The van der Waals surface area contributed by atoms with Crippen LogP contribution in [0.5, 0.6) is 0 Å². The monoisotopic (exact) mass is 552 g/mol. The SMILES string of the molecule is CC(C)(C)NC(=O)N[C@H](C(=O)N1CC2(C[C@H]1C(=O)N[C@H](C#N)C[C@@H]1CCNC1=O)SCCS2)C(C)(C)C. The molecule has 3 rings (SSSR count). The number of carbonyl (C=O) groups is 4. The molecule has 1 spiro atoms. The Balaban J connectivity index is 1.80. The normalized spacial score (nSPS) is 24.8. The van der Waals surface area contributed by atoms with Crippen LogP contribution in [0.4, 0.5) is 4.79 Å². The quantitative estimate of drug-likeness (QED) is 0.393. The zero-order valence-electron chi connectivity index (χ0n) is 22.6. The predicted octanol–water partition coefficient (Wildman–Crippen LogP) is 1.81. The van der Waals surface area contributed by atoms with Crippen LogP contribution in [-0.2, 0) is 14.4 Å². The van der Waals surface area contributed by atoms with Gasteiger partial charge in [-0.15, -0.1) is 23.5 Å². The third-order valence-corrected chi connectivity index (χ3v) is 10.1. The highest BCUT2D eigenvalue weighted by Gasteiger charge is 2.53. The van der Waals surface area contributed by atoms with Crippen molar-refractivity contribution in [1.82, 2.24) is 26.2 Å². The van der Waals surface area contributed by atoms with Crippen molar-refractivity contribution >= 4 is 47.3 Å². The molecule has 3 aliphatic heterocycles. The molecule has 0 aromatic heterocycles. The second kappa shape index (κ2) is 11.3. The number of nitriles is 1. The summed E-state index contributed by atoms with van der Waals surface area (Å²) < 4.78 is -0.290. The lowest BCUT2D eigenvalue weighted by Crippen LogP contribution is -2.60. The highest BCUT2D eigenvalue weighted by atomic mass is 32.2. The first-order valence-corrected chi connectivity index (χ1v) is 14.8. The van der Waals surface area contributed by atoms with Gasteiger partial charge in [0.25, 0.3) is 0 Å². The minimum atomic E-state index is -0.856. The number of hydrogen-bond donors (Lipinski definition) is 4. The number of nitrogens with zero attached hydrogens (tertiary/aromatic N) is 2. The van der Waals surface area contributed by atoms with Crippen LogP contribution < -0.4 is 21.3 Å². The van der Waals surface area contributed by atoms with E-state index in [1.165, 1.54) is 0 Å². The van der Waals surface area contributed by atoms with E-state index in [-0.39, 0.29) is 28.2 Å². The van der Waals surface area contributed by atoms with Gasteiger partial charge in [-0.05, 0) is 39.0 Å². The molecule has 0 saturated carbocycles. The summed E-state index contributed by atoms with van der Waals surface area (Å²) in [7, 11) is 0. The van der Waals surface area contributed by atoms with Crippen molar-refractivity contribution in [3.63, 3.8) is 0 Å². The molecule has 12 heteroatoms. The molecule has 0 aromatic rings. The van der Waals surface area contributed by atoms with Crippen molar-refractivity contribution in [1.29, 1.82) is 5.26 Å². The van der Waals surface area contributed by atoms with Gasteiger partial charge < -0.3 is 26.2 Å². The largest absolute Gasteiger partial charge is 0.356 e. The molecule has 5 amide bonds. The Hall–Kier alpha value is -2.13. The van der Waals surface area contributed by atoms with Crippen molar-refractivity contribution in [2.45, 2.75) is 88.5 Å². The van der Waals surface area contributed by atoms with Crippen LogP contribution in [0.2, 0.25) is 0 Å². The fourth-order valence-corrected chi connectivity index (χ4v) is 8.16. The number of carbonyl (C=O) groups excluding carboxylic acids is 4. The summed E-state index contributed by atoms with van der Waals surface area (Å²) in [6.45, 7) is 12.2. The molecule has 3 aliphatic rings. The van der Waals surface area contributed by atoms with E-state index in [1.807, 2.05) is 41.5 Å². The van der Waals surface area contributed by atoms with Gasteiger partial charge in [-0.1, -0.05) is 20.8 Å². The van der Waals surface area contributed by atoms with Crippen molar-refractivity contribution in [3.05, 3.63) is 0 Å². The molecule has 10 nitrogen and oxygen atoms in total. The molecule has 0 aliphatic carbocycles. The van der Waals surface area contributed by atoms with E-state index in [4.69, 9.17) is 0 Å². The standard InChI is InChI=1S/C25H40N6O4S2/c1-23(2,3)18(29-22(35)30-24(4,5)6)21(34)31-14-25(36-9-10-37-25)12-17(31)20(33)28-16(13-26)11-15-7-8-27-19(15)32/h15-18H,7-12,14H2,1-6H3,(H,27,32)(H,28,33)(H2,29,30,35)/t15-,16-,17-,18+/m0/s1. The van der Waals surface area contributed by atoms with Gasteiger partial charge in [-0.25, -0.2) is 4.79 Å². The first-order valence-electron chi connectivity index (χ1n) is 12.8. The number of likely N-dealkylation sites (tertiary alicyclic amines) is 1. The van der Waals surface area contributed by atoms with Crippen LogP contribution in [0.25, 0.3) is 0 Å². The van der Waals surface area contributed by atoms with Crippen LogP contribution in [-0.4, -0.2) is 81.0 Å². The van der Waals surface area contributed by atoms with Crippen molar-refractivity contribution < 1.29 is 19.2 Å². The van der Waals surface area contributed by atoms with E-state index < -0.39 is 41.0 Å². The average Bonchev–Trinajstić information content (AvgIpc) is 3.50. The molecule has 4 N–H and O–H groups in total. The smallest absolute Gasteiger partial charge is 0.315 e. The maximum absolute atomic E-state index is 14.0. The topological polar surface area (TPSA) is 143 Å². The summed E-state index contributed by atoms with van der Waals surface area (Å²) in [4.78, 5) is 53.8. The number of thioether (sulfide) groups is 2. The van der Waals surface area contributed by atoms with Gasteiger partial charge >= 0.3 is 6.03 Å². The summed E-state index contributed by atoms with van der Waals surface area (Å²) in [5.74, 6) is 0.758. The summed E-state index contributed by atoms with van der Waals surface area (Å²) in [6, 6.07) is -0.781. The lowest BCUT2D eigenvalue weighted by atomic mass is 9.85. The van der Waals surface area contributed by atoms with Crippen molar-refractivity contribution in [3.8, 4) is 6.07 Å². The fraction of sp³-hybridized carbons (Fsp3) is 0.800. The molecule has 3 saturated heterocycles. The van der Waals surface area contributed by atoms with Gasteiger partial charge in [0.1, 0.15) is 18.1 Å². The van der Waals surface area contributed by atoms with E-state index in [0.29, 0.717) is 25.9 Å². The minimum absolute atomic E-state index is 0.0995. The average molecular weight is 553 g/mol. The predicted molar refractivity (Wildman–Crippen MR) is 146 cm³/mol.